The van der Waals surface area contributed by atoms with E-state index in [4.69, 9.17) is 11.6 Å². The van der Waals surface area contributed by atoms with Gasteiger partial charge in [-0.1, -0.05) is 17.7 Å². The predicted molar refractivity (Wildman–Crippen MR) is 85.5 cm³/mol. The van der Waals surface area contributed by atoms with Crippen molar-refractivity contribution in [2.45, 2.75) is 0 Å². The van der Waals surface area contributed by atoms with Gasteiger partial charge in [0, 0.05) is 37.4 Å². The second-order valence-corrected chi connectivity index (χ2v) is 5.57. The van der Waals surface area contributed by atoms with E-state index in [-0.39, 0.29) is 17.2 Å². The third-order valence-electron chi connectivity index (χ3n) is 3.73. The fourth-order valence-electron chi connectivity index (χ4n) is 2.53. The summed E-state index contributed by atoms with van der Waals surface area (Å²) in [5, 5.41) is 10.3. The van der Waals surface area contributed by atoms with Crippen LogP contribution in [0.4, 0.5) is 5.82 Å². The van der Waals surface area contributed by atoms with Gasteiger partial charge in [-0.3, -0.25) is 4.79 Å². The first-order valence-corrected chi connectivity index (χ1v) is 7.47. The molecule has 1 aliphatic heterocycles. The van der Waals surface area contributed by atoms with Crippen molar-refractivity contribution in [2.75, 3.05) is 31.1 Å². The van der Waals surface area contributed by atoms with Gasteiger partial charge in [0.2, 0.25) is 0 Å². The highest BCUT2D eigenvalue weighted by Gasteiger charge is 2.24. The molecular weight excluding hydrogens is 302 g/mol. The second-order valence-electron chi connectivity index (χ2n) is 5.13. The van der Waals surface area contributed by atoms with Gasteiger partial charge in [0.05, 0.1) is 5.56 Å². The number of aromatic nitrogens is 1. The second kappa shape index (κ2) is 6.23. The van der Waals surface area contributed by atoms with Gasteiger partial charge in [-0.25, -0.2) is 4.98 Å². The van der Waals surface area contributed by atoms with E-state index >= 15 is 0 Å². The molecule has 0 spiro atoms. The Kier molecular flexibility index (Phi) is 4.15. The number of anilines is 1. The third-order valence-corrected chi connectivity index (χ3v) is 3.96. The lowest BCUT2D eigenvalue weighted by Crippen LogP contribution is -2.49. The summed E-state index contributed by atoms with van der Waals surface area (Å²) in [5.74, 6) is 0.683. The van der Waals surface area contributed by atoms with E-state index in [1.807, 2.05) is 18.2 Å². The Hall–Kier alpha value is -2.27. The molecule has 1 fully saturated rings. The number of carbonyl (C=O) groups is 1. The monoisotopic (exact) mass is 317 g/mol. The average molecular weight is 318 g/mol. The Morgan fingerprint density at radius 1 is 1.14 bits per heavy atom. The maximum atomic E-state index is 12.5. The molecule has 1 aliphatic rings. The summed E-state index contributed by atoms with van der Waals surface area (Å²) in [6.45, 7) is 2.59. The van der Waals surface area contributed by atoms with E-state index in [9.17, 15) is 9.90 Å². The minimum atomic E-state index is -0.194. The number of hydrogen-bond acceptors (Lipinski definition) is 4. The van der Waals surface area contributed by atoms with Crippen molar-refractivity contribution in [3.8, 4) is 5.75 Å². The van der Waals surface area contributed by atoms with Crippen molar-refractivity contribution >= 4 is 23.3 Å². The smallest absolute Gasteiger partial charge is 0.257 e. The number of pyridine rings is 1. The van der Waals surface area contributed by atoms with Gasteiger partial charge < -0.3 is 14.9 Å². The zero-order chi connectivity index (χ0) is 15.5. The molecule has 6 heteroatoms. The van der Waals surface area contributed by atoms with Crippen LogP contribution in [0.2, 0.25) is 5.02 Å². The zero-order valence-corrected chi connectivity index (χ0v) is 12.7. The molecule has 1 N–H and O–H groups in total. The lowest BCUT2D eigenvalue weighted by atomic mass is 10.1. The number of amides is 1. The molecule has 3 rings (SSSR count). The fourth-order valence-corrected chi connectivity index (χ4v) is 2.70. The summed E-state index contributed by atoms with van der Waals surface area (Å²) in [7, 11) is 0. The molecule has 22 heavy (non-hydrogen) atoms. The number of phenolic OH excluding ortho intramolecular Hbond substituents is 1. The summed E-state index contributed by atoms with van der Waals surface area (Å²) < 4.78 is 0. The van der Waals surface area contributed by atoms with E-state index in [0.29, 0.717) is 31.2 Å². The Morgan fingerprint density at radius 2 is 1.91 bits per heavy atom. The molecular formula is C16H16ClN3O2. The first-order valence-electron chi connectivity index (χ1n) is 7.09. The van der Waals surface area contributed by atoms with Gasteiger partial charge in [-0.2, -0.15) is 0 Å². The maximum absolute atomic E-state index is 12.5. The molecule has 0 atom stereocenters. The number of carbonyl (C=O) groups excluding carboxylic acids is 1. The normalized spacial score (nSPS) is 15.0. The number of benzene rings is 1. The van der Waals surface area contributed by atoms with Crippen LogP contribution in [0.1, 0.15) is 10.4 Å². The number of nitrogens with zero attached hydrogens (tertiary/aromatic N) is 3. The number of rotatable bonds is 2. The number of piperazine rings is 1. The molecule has 1 aromatic heterocycles. The minimum absolute atomic E-state index is 0.0402. The van der Waals surface area contributed by atoms with Crippen LogP contribution in [0.3, 0.4) is 0 Å². The standard InChI is InChI=1S/C16H16ClN3O2/c17-12-4-5-14(21)13(11-12)16(22)20-9-7-19(8-10-20)15-3-1-2-6-18-15/h1-6,11,21H,7-10H2. The highest BCUT2D eigenvalue weighted by Crippen LogP contribution is 2.24. The van der Waals surface area contributed by atoms with E-state index in [2.05, 4.69) is 9.88 Å². The van der Waals surface area contributed by atoms with Crippen LogP contribution in [0.15, 0.2) is 42.6 Å². The molecule has 5 nitrogen and oxygen atoms in total. The summed E-state index contributed by atoms with van der Waals surface area (Å²) in [4.78, 5) is 20.7. The minimum Gasteiger partial charge on any atom is -0.507 e. The van der Waals surface area contributed by atoms with Gasteiger partial charge in [0.15, 0.2) is 0 Å². The summed E-state index contributed by atoms with van der Waals surface area (Å²) >= 11 is 5.90. The van der Waals surface area contributed by atoms with Crippen LogP contribution in [0.25, 0.3) is 0 Å². The van der Waals surface area contributed by atoms with Crippen molar-refractivity contribution in [2.24, 2.45) is 0 Å². The SMILES string of the molecule is O=C(c1cc(Cl)ccc1O)N1CCN(c2ccccn2)CC1. The largest absolute Gasteiger partial charge is 0.507 e. The zero-order valence-electron chi connectivity index (χ0n) is 11.9. The quantitative estimate of drug-likeness (QED) is 0.924. The maximum Gasteiger partial charge on any atom is 0.257 e. The van der Waals surface area contributed by atoms with Crippen molar-refractivity contribution < 1.29 is 9.90 Å². The van der Waals surface area contributed by atoms with E-state index < -0.39 is 0 Å². The van der Waals surface area contributed by atoms with E-state index in [1.54, 1.807) is 17.2 Å². The van der Waals surface area contributed by atoms with Crippen LogP contribution in [-0.4, -0.2) is 47.1 Å². The number of aromatic hydroxyl groups is 1. The number of halogens is 1. The molecule has 1 aromatic carbocycles. The Bertz CT molecular complexity index is 670. The molecule has 0 radical (unpaired) electrons. The lowest BCUT2D eigenvalue weighted by molar-refractivity contribution is 0.0743. The fraction of sp³-hybridized carbons (Fsp3) is 0.250. The van der Waals surface area contributed by atoms with Gasteiger partial charge in [0.25, 0.3) is 5.91 Å². The molecule has 0 aliphatic carbocycles. The third kappa shape index (κ3) is 2.99. The molecule has 1 amide bonds. The Morgan fingerprint density at radius 3 is 2.59 bits per heavy atom. The van der Waals surface area contributed by atoms with Crippen LogP contribution >= 0.6 is 11.6 Å². The molecule has 0 bridgehead atoms. The van der Waals surface area contributed by atoms with Crippen LogP contribution in [0.5, 0.6) is 5.75 Å². The van der Waals surface area contributed by atoms with Crippen molar-refractivity contribution in [1.82, 2.24) is 9.88 Å². The van der Waals surface area contributed by atoms with Gasteiger partial charge in [-0.15, -0.1) is 0 Å². The van der Waals surface area contributed by atoms with Crippen LogP contribution in [-0.2, 0) is 0 Å². The summed E-state index contributed by atoms with van der Waals surface area (Å²) in [6.07, 6.45) is 1.76. The first kappa shape index (κ1) is 14.7. The van der Waals surface area contributed by atoms with E-state index in [0.717, 1.165) is 5.82 Å². The van der Waals surface area contributed by atoms with E-state index in [1.165, 1.54) is 12.1 Å². The molecule has 2 heterocycles. The Labute approximate surface area is 133 Å². The highest BCUT2D eigenvalue weighted by atomic mass is 35.5. The summed E-state index contributed by atoms with van der Waals surface area (Å²) in [5.41, 5.74) is 0.249. The van der Waals surface area contributed by atoms with Crippen molar-refractivity contribution in [3.63, 3.8) is 0 Å². The predicted octanol–water partition coefficient (Wildman–Crippen LogP) is 2.40. The first-order chi connectivity index (χ1) is 10.6. The molecule has 0 saturated carbocycles. The van der Waals surface area contributed by atoms with Gasteiger partial charge >= 0.3 is 0 Å². The lowest BCUT2D eigenvalue weighted by Gasteiger charge is -2.35. The Balaban J connectivity index is 1.68. The molecule has 2 aromatic rings. The van der Waals surface area contributed by atoms with Gasteiger partial charge in [-0.05, 0) is 30.3 Å². The number of phenols is 1. The van der Waals surface area contributed by atoms with Crippen molar-refractivity contribution in [3.05, 3.63) is 53.2 Å². The molecule has 1 saturated heterocycles. The summed E-state index contributed by atoms with van der Waals surface area (Å²) in [6, 6.07) is 10.3. The topological polar surface area (TPSA) is 56.7 Å². The van der Waals surface area contributed by atoms with Crippen LogP contribution < -0.4 is 4.90 Å². The number of hydrogen-bond donors (Lipinski definition) is 1. The highest BCUT2D eigenvalue weighted by molar-refractivity contribution is 6.31. The average Bonchev–Trinajstić information content (AvgIpc) is 2.57. The van der Waals surface area contributed by atoms with Gasteiger partial charge in [0.1, 0.15) is 11.6 Å². The molecule has 114 valence electrons. The van der Waals surface area contributed by atoms with Crippen molar-refractivity contribution in [1.29, 1.82) is 0 Å². The molecule has 0 unspecified atom stereocenters. The van der Waals surface area contributed by atoms with Crippen LogP contribution in [0, 0.1) is 0 Å².